The van der Waals surface area contributed by atoms with Crippen molar-refractivity contribution in [3.63, 3.8) is 0 Å². The lowest BCUT2D eigenvalue weighted by atomic mass is 9.97. The van der Waals surface area contributed by atoms with Crippen molar-refractivity contribution >= 4 is 10.1 Å². The Hall–Kier alpha value is -0.350. The van der Waals surface area contributed by atoms with Crippen molar-refractivity contribution in [3.05, 3.63) is 12.2 Å². The van der Waals surface area contributed by atoms with Crippen LogP contribution in [0.5, 0.6) is 0 Å². The molecule has 0 aromatic heterocycles. The largest absolute Gasteiger partial charge is 0.285 e. The second kappa shape index (κ2) is 2.95. The van der Waals surface area contributed by atoms with Crippen molar-refractivity contribution in [1.82, 2.24) is 0 Å². The van der Waals surface area contributed by atoms with Crippen LogP contribution in [0.4, 0.5) is 0 Å². The molecule has 2 unspecified atom stereocenters. The van der Waals surface area contributed by atoms with E-state index in [1.165, 1.54) is 0 Å². The zero-order valence-electron chi connectivity index (χ0n) is 6.40. The molecule has 1 rings (SSSR count). The van der Waals surface area contributed by atoms with E-state index in [1.807, 2.05) is 12.2 Å². The van der Waals surface area contributed by atoms with Gasteiger partial charge in [-0.05, 0) is 18.8 Å². The van der Waals surface area contributed by atoms with Crippen molar-refractivity contribution in [2.45, 2.75) is 25.0 Å². The van der Waals surface area contributed by atoms with Gasteiger partial charge in [-0.2, -0.15) is 8.42 Å². The van der Waals surface area contributed by atoms with Crippen LogP contribution in [-0.4, -0.2) is 18.2 Å². The molecule has 1 aliphatic carbocycles. The third kappa shape index (κ3) is 2.04. The van der Waals surface area contributed by atoms with Gasteiger partial charge in [0.2, 0.25) is 0 Å². The topological polar surface area (TPSA) is 54.4 Å². The smallest absolute Gasteiger partial charge is 0.268 e. The number of allylic oxidation sites excluding steroid dienone is 2. The standard InChI is InChI=1S/C7H12O3S/c1-6-4-2-3-5-7(6)11(8,9)10/h2,4,6-7H,3,5H2,1H3,(H,8,9,10). The Balaban J connectivity index is 2.82. The van der Waals surface area contributed by atoms with Crippen molar-refractivity contribution in [2.24, 2.45) is 5.92 Å². The van der Waals surface area contributed by atoms with Gasteiger partial charge in [-0.25, -0.2) is 0 Å². The predicted molar refractivity (Wildman–Crippen MR) is 42.9 cm³/mol. The molecule has 0 aromatic rings. The molecule has 0 heterocycles. The summed E-state index contributed by atoms with van der Waals surface area (Å²) in [5, 5.41) is -0.590. The summed E-state index contributed by atoms with van der Waals surface area (Å²) < 4.78 is 30.2. The molecule has 0 amide bonds. The first-order valence-corrected chi connectivity index (χ1v) is 5.15. The fourth-order valence-corrected chi connectivity index (χ4v) is 2.45. The molecule has 1 N–H and O–H groups in total. The van der Waals surface area contributed by atoms with Gasteiger partial charge in [0.1, 0.15) is 0 Å². The molecule has 4 heteroatoms. The van der Waals surface area contributed by atoms with E-state index in [1.54, 1.807) is 6.92 Å². The van der Waals surface area contributed by atoms with E-state index in [4.69, 9.17) is 4.55 Å². The van der Waals surface area contributed by atoms with Crippen molar-refractivity contribution in [3.8, 4) is 0 Å². The fraction of sp³-hybridized carbons (Fsp3) is 0.714. The minimum atomic E-state index is -3.83. The van der Waals surface area contributed by atoms with Crippen molar-refractivity contribution < 1.29 is 13.0 Å². The molecular weight excluding hydrogens is 164 g/mol. The molecule has 3 nitrogen and oxygen atoms in total. The zero-order chi connectivity index (χ0) is 8.48. The second-order valence-electron chi connectivity index (χ2n) is 2.92. The van der Waals surface area contributed by atoms with Crippen molar-refractivity contribution in [1.29, 1.82) is 0 Å². The Kier molecular flexibility index (Phi) is 2.34. The van der Waals surface area contributed by atoms with E-state index in [0.29, 0.717) is 6.42 Å². The van der Waals surface area contributed by atoms with Gasteiger partial charge in [0.05, 0.1) is 5.25 Å². The number of rotatable bonds is 1. The van der Waals surface area contributed by atoms with Gasteiger partial charge in [-0.15, -0.1) is 0 Å². The molecule has 0 aromatic carbocycles. The van der Waals surface area contributed by atoms with E-state index in [2.05, 4.69) is 0 Å². The van der Waals surface area contributed by atoms with Crippen LogP contribution in [0.2, 0.25) is 0 Å². The highest BCUT2D eigenvalue weighted by molar-refractivity contribution is 7.86. The molecule has 0 saturated carbocycles. The van der Waals surface area contributed by atoms with Gasteiger partial charge >= 0.3 is 0 Å². The zero-order valence-corrected chi connectivity index (χ0v) is 7.21. The van der Waals surface area contributed by atoms with E-state index in [9.17, 15) is 8.42 Å². The Morgan fingerprint density at radius 1 is 1.55 bits per heavy atom. The summed E-state index contributed by atoms with van der Waals surface area (Å²) in [7, 11) is -3.83. The average molecular weight is 176 g/mol. The van der Waals surface area contributed by atoms with Gasteiger partial charge in [-0.3, -0.25) is 4.55 Å². The predicted octanol–water partition coefficient (Wildman–Crippen LogP) is 1.23. The lowest BCUT2D eigenvalue weighted by Gasteiger charge is -2.20. The Bertz CT molecular complexity index is 253. The van der Waals surface area contributed by atoms with Gasteiger partial charge in [0.25, 0.3) is 10.1 Å². The highest BCUT2D eigenvalue weighted by atomic mass is 32.2. The first-order valence-electron chi connectivity index (χ1n) is 3.65. The summed E-state index contributed by atoms with van der Waals surface area (Å²) in [6.07, 6.45) is 5.07. The lowest BCUT2D eigenvalue weighted by Crippen LogP contribution is -2.28. The van der Waals surface area contributed by atoms with Gasteiger partial charge in [0.15, 0.2) is 0 Å². The van der Waals surface area contributed by atoms with Crippen LogP contribution in [0.15, 0.2) is 12.2 Å². The highest BCUT2D eigenvalue weighted by Gasteiger charge is 2.28. The molecular formula is C7H12O3S. The molecule has 64 valence electrons. The Morgan fingerprint density at radius 2 is 2.18 bits per heavy atom. The monoisotopic (exact) mass is 176 g/mol. The fourth-order valence-electron chi connectivity index (χ4n) is 1.38. The van der Waals surface area contributed by atoms with E-state index in [0.717, 1.165) is 6.42 Å². The molecule has 2 atom stereocenters. The second-order valence-corrected chi connectivity index (χ2v) is 4.55. The molecule has 0 spiro atoms. The van der Waals surface area contributed by atoms with Crippen LogP contribution in [0, 0.1) is 5.92 Å². The van der Waals surface area contributed by atoms with E-state index >= 15 is 0 Å². The van der Waals surface area contributed by atoms with Crippen LogP contribution < -0.4 is 0 Å². The lowest BCUT2D eigenvalue weighted by molar-refractivity contribution is 0.439. The first kappa shape index (κ1) is 8.74. The number of hydrogen-bond acceptors (Lipinski definition) is 2. The summed E-state index contributed by atoms with van der Waals surface area (Å²) in [4.78, 5) is 0. The quantitative estimate of drug-likeness (QED) is 0.483. The third-order valence-corrected chi connectivity index (χ3v) is 3.46. The third-order valence-electron chi connectivity index (χ3n) is 2.03. The summed E-state index contributed by atoms with van der Waals surface area (Å²) in [5.41, 5.74) is 0. The first-order chi connectivity index (χ1) is 5.02. The van der Waals surface area contributed by atoms with Gasteiger partial charge in [0, 0.05) is 0 Å². The summed E-state index contributed by atoms with van der Waals surface area (Å²) in [5.74, 6) is -0.0567. The van der Waals surface area contributed by atoms with Gasteiger partial charge < -0.3 is 0 Å². The molecule has 0 saturated heterocycles. The maximum Gasteiger partial charge on any atom is 0.268 e. The molecule has 0 fully saturated rings. The SMILES string of the molecule is CC1C=CCCC1S(=O)(=O)O. The summed E-state index contributed by atoms with van der Waals surface area (Å²) >= 11 is 0. The summed E-state index contributed by atoms with van der Waals surface area (Å²) in [6.45, 7) is 1.80. The molecule has 1 aliphatic rings. The molecule has 0 bridgehead atoms. The Labute approximate surface area is 66.9 Å². The minimum Gasteiger partial charge on any atom is -0.285 e. The van der Waals surface area contributed by atoms with Crippen LogP contribution in [-0.2, 0) is 10.1 Å². The van der Waals surface area contributed by atoms with Crippen LogP contribution in [0.1, 0.15) is 19.8 Å². The van der Waals surface area contributed by atoms with Crippen LogP contribution in [0.3, 0.4) is 0 Å². The molecule has 0 aliphatic heterocycles. The van der Waals surface area contributed by atoms with Crippen LogP contribution >= 0.6 is 0 Å². The van der Waals surface area contributed by atoms with E-state index < -0.39 is 15.4 Å². The number of hydrogen-bond donors (Lipinski definition) is 1. The highest BCUT2D eigenvalue weighted by Crippen LogP contribution is 2.23. The van der Waals surface area contributed by atoms with Crippen molar-refractivity contribution in [2.75, 3.05) is 0 Å². The normalized spacial score (nSPS) is 32.2. The molecule has 0 radical (unpaired) electrons. The average Bonchev–Trinajstić information content (AvgIpc) is 1.86. The minimum absolute atomic E-state index is 0.0567. The van der Waals surface area contributed by atoms with Gasteiger partial charge in [-0.1, -0.05) is 19.1 Å². The van der Waals surface area contributed by atoms with Crippen LogP contribution in [0.25, 0.3) is 0 Å². The Morgan fingerprint density at radius 3 is 2.55 bits per heavy atom. The van der Waals surface area contributed by atoms with E-state index in [-0.39, 0.29) is 5.92 Å². The molecule has 11 heavy (non-hydrogen) atoms. The summed E-state index contributed by atoms with van der Waals surface area (Å²) in [6, 6.07) is 0. The maximum absolute atomic E-state index is 10.7. The maximum atomic E-state index is 10.7.